The average Bonchev–Trinajstić information content (AvgIpc) is 2.21. The molecule has 17 heavy (non-hydrogen) atoms. The van der Waals surface area contributed by atoms with Gasteiger partial charge in [0.05, 0.1) is 13.7 Å². The van der Waals surface area contributed by atoms with Gasteiger partial charge in [-0.1, -0.05) is 0 Å². The first-order valence-corrected chi connectivity index (χ1v) is 6.23. The van der Waals surface area contributed by atoms with Gasteiger partial charge >= 0.3 is 5.97 Å². The van der Waals surface area contributed by atoms with E-state index in [-0.39, 0.29) is 17.0 Å². The molecule has 1 saturated heterocycles. The van der Waals surface area contributed by atoms with Crippen molar-refractivity contribution in [3.05, 3.63) is 0 Å². The summed E-state index contributed by atoms with van der Waals surface area (Å²) in [6.07, 6.45) is 2.09. The molecule has 1 N–H and O–H groups in total. The van der Waals surface area contributed by atoms with Crippen molar-refractivity contribution in [1.29, 1.82) is 0 Å². The maximum Gasteiger partial charge on any atom is 0.319 e. The van der Waals surface area contributed by atoms with Gasteiger partial charge in [-0.15, -0.1) is 0 Å². The van der Waals surface area contributed by atoms with Crippen molar-refractivity contribution < 1.29 is 9.53 Å². The van der Waals surface area contributed by atoms with E-state index in [0.29, 0.717) is 12.6 Å². The Labute approximate surface area is 105 Å². The maximum atomic E-state index is 11.1. The van der Waals surface area contributed by atoms with Crippen LogP contribution in [-0.2, 0) is 9.53 Å². The number of hydrogen-bond acceptors (Lipinski definition) is 4. The summed E-state index contributed by atoms with van der Waals surface area (Å²) in [5.74, 6) is -0.195. The summed E-state index contributed by atoms with van der Waals surface area (Å²) in [7, 11) is 3.60. The van der Waals surface area contributed by atoms with Crippen LogP contribution < -0.4 is 5.32 Å². The highest BCUT2D eigenvalue weighted by Gasteiger charge is 2.42. The number of ether oxygens (including phenoxy) is 1. The van der Waals surface area contributed by atoms with E-state index >= 15 is 0 Å². The number of esters is 1. The SMILES string of the molecule is COC(=O)CNC1CC(C)(C)N(C)C(C)(C)C1. The second kappa shape index (κ2) is 4.94. The van der Waals surface area contributed by atoms with Crippen LogP contribution in [-0.4, -0.2) is 48.7 Å². The molecule has 0 unspecified atom stereocenters. The van der Waals surface area contributed by atoms with E-state index in [1.165, 1.54) is 7.11 Å². The molecule has 0 bridgehead atoms. The average molecular weight is 242 g/mol. The van der Waals surface area contributed by atoms with Crippen molar-refractivity contribution in [2.24, 2.45) is 0 Å². The van der Waals surface area contributed by atoms with Gasteiger partial charge in [-0.3, -0.25) is 9.69 Å². The van der Waals surface area contributed by atoms with Gasteiger partial charge in [0, 0.05) is 17.1 Å². The molecule has 1 aliphatic rings. The van der Waals surface area contributed by atoms with Gasteiger partial charge in [0.15, 0.2) is 0 Å². The van der Waals surface area contributed by atoms with Crippen molar-refractivity contribution in [1.82, 2.24) is 10.2 Å². The third-order valence-electron chi connectivity index (χ3n) is 4.07. The van der Waals surface area contributed by atoms with E-state index in [4.69, 9.17) is 0 Å². The van der Waals surface area contributed by atoms with Crippen molar-refractivity contribution in [2.75, 3.05) is 20.7 Å². The Balaban J connectivity index is 2.62. The Morgan fingerprint density at radius 2 is 1.76 bits per heavy atom. The van der Waals surface area contributed by atoms with Crippen LogP contribution in [0.3, 0.4) is 0 Å². The van der Waals surface area contributed by atoms with Gasteiger partial charge in [0.25, 0.3) is 0 Å². The first-order chi connectivity index (χ1) is 7.69. The molecule has 0 aliphatic carbocycles. The van der Waals surface area contributed by atoms with Gasteiger partial charge in [-0.2, -0.15) is 0 Å². The number of hydrogen-bond donors (Lipinski definition) is 1. The van der Waals surface area contributed by atoms with Crippen molar-refractivity contribution >= 4 is 5.97 Å². The van der Waals surface area contributed by atoms with Crippen LogP contribution in [0.2, 0.25) is 0 Å². The fourth-order valence-electron chi connectivity index (χ4n) is 2.82. The van der Waals surface area contributed by atoms with Crippen LogP contribution >= 0.6 is 0 Å². The molecule has 0 atom stereocenters. The molecule has 0 aromatic rings. The van der Waals surface area contributed by atoms with Crippen LogP contribution in [0.4, 0.5) is 0 Å². The van der Waals surface area contributed by atoms with Gasteiger partial charge in [-0.25, -0.2) is 0 Å². The summed E-state index contributed by atoms with van der Waals surface area (Å²) in [5.41, 5.74) is 0.297. The summed E-state index contributed by atoms with van der Waals surface area (Å²) in [4.78, 5) is 13.6. The molecule has 100 valence electrons. The fraction of sp³-hybridized carbons (Fsp3) is 0.923. The molecule has 1 heterocycles. The quantitative estimate of drug-likeness (QED) is 0.760. The Hall–Kier alpha value is -0.610. The Morgan fingerprint density at radius 3 is 2.18 bits per heavy atom. The summed E-state index contributed by atoms with van der Waals surface area (Å²) >= 11 is 0. The summed E-state index contributed by atoms with van der Waals surface area (Å²) in [6, 6.07) is 0.371. The van der Waals surface area contributed by atoms with Crippen LogP contribution in [0.5, 0.6) is 0 Å². The Bertz CT molecular complexity index is 269. The second-order valence-corrected chi connectivity index (χ2v) is 6.25. The Morgan fingerprint density at radius 1 is 1.29 bits per heavy atom. The first-order valence-electron chi connectivity index (χ1n) is 6.23. The fourth-order valence-corrected chi connectivity index (χ4v) is 2.82. The number of likely N-dealkylation sites (tertiary alicyclic amines) is 1. The molecule has 4 nitrogen and oxygen atoms in total. The molecule has 0 radical (unpaired) electrons. The molecular formula is C13H26N2O2. The number of piperidine rings is 1. The first kappa shape index (κ1) is 14.5. The lowest BCUT2D eigenvalue weighted by Crippen LogP contribution is -2.62. The molecule has 0 spiro atoms. The third kappa shape index (κ3) is 3.42. The van der Waals surface area contributed by atoms with Crippen molar-refractivity contribution in [3.8, 4) is 0 Å². The monoisotopic (exact) mass is 242 g/mol. The highest BCUT2D eigenvalue weighted by molar-refractivity contribution is 5.71. The molecule has 0 aromatic carbocycles. The van der Waals surface area contributed by atoms with Gasteiger partial charge in [0.1, 0.15) is 0 Å². The topological polar surface area (TPSA) is 41.6 Å². The largest absolute Gasteiger partial charge is 0.468 e. The van der Waals surface area contributed by atoms with E-state index in [9.17, 15) is 4.79 Å². The lowest BCUT2D eigenvalue weighted by Gasteiger charge is -2.53. The molecular weight excluding hydrogens is 216 g/mol. The summed E-state index contributed by atoms with van der Waals surface area (Å²) in [6.45, 7) is 9.31. The molecule has 1 rings (SSSR count). The minimum Gasteiger partial charge on any atom is -0.468 e. The highest BCUT2D eigenvalue weighted by atomic mass is 16.5. The number of methoxy groups -OCH3 is 1. The van der Waals surface area contributed by atoms with E-state index < -0.39 is 0 Å². The molecule has 1 aliphatic heterocycles. The van der Waals surface area contributed by atoms with Gasteiger partial charge in [-0.05, 0) is 47.6 Å². The maximum absolute atomic E-state index is 11.1. The van der Waals surface area contributed by atoms with E-state index in [0.717, 1.165) is 12.8 Å². The molecule has 4 heteroatoms. The molecule has 1 fully saturated rings. The smallest absolute Gasteiger partial charge is 0.319 e. The van der Waals surface area contributed by atoms with E-state index in [1.807, 2.05) is 0 Å². The zero-order valence-electron chi connectivity index (χ0n) is 12.0. The number of carbonyl (C=O) groups excluding carboxylic acids is 1. The van der Waals surface area contributed by atoms with Crippen molar-refractivity contribution in [3.63, 3.8) is 0 Å². The lowest BCUT2D eigenvalue weighted by atomic mass is 9.77. The minimum atomic E-state index is -0.195. The van der Waals surface area contributed by atoms with Gasteiger partial charge in [0.2, 0.25) is 0 Å². The minimum absolute atomic E-state index is 0.148. The second-order valence-electron chi connectivity index (χ2n) is 6.25. The number of nitrogens with zero attached hydrogens (tertiary/aromatic N) is 1. The van der Waals surface area contributed by atoms with E-state index in [1.54, 1.807) is 0 Å². The summed E-state index contributed by atoms with van der Waals surface area (Å²) < 4.78 is 4.65. The summed E-state index contributed by atoms with van der Waals surface area (Å²) in [5, 5.41) is 3.30. The lowest BCUT2D eigenvalue weighted by molar-refractivity contribution is -0.140. The number of rotatable bonds is 3. The molecule has 0 aromatic heterocycles. The van der Waals surface area contributed by atoms with Crippen LogP contribution in [0, 0.1) is 0 Å². The molecule has 0 saturated carbocycles. The van der Waals surface area contributed by atoms with Crippen LogP contribution in [0.25, 0.3) is 0 Å². The zero-order chi connectivity index (χ0) is 13.3. The van der Waals surface area contributed by atoms with Crippen LogP contribution in [0.1, 0.15) is 40.5 Å². The van der Waals surface area contributed by atoms with E-state index in [2.05, 4.69) is 49.7 Å². The van der Waals surface area contributed by atoms with Crippen LogP contribution in [0.15, 0.2) is 0 Å². The predicted molar refractivity (Wildman–Crippen MR) is 69.0 cm³/mol. The standard InChI is InChI=1S/C13H26N2O2/c1-12(2)7-10(14-9-11(16)17-6)8-13(3,4)15(12)5/h10,14H,7-9H2,1-6H3. The number of nitrogens with one attached hydrogen (secondary N) is 1. The zero-order valence-corrected chi connectivity index (χ0v) is 12.0. The number of carbonyl (C=O) groups is 1. The Kier molecular flexibility index (Phi) is 4.20. The normalized spacial score (nSPS) is 24.6. The molecule has 0 amide bonds. The van der Waals surface area contributed by atoms with Gasteiger partial charge < -0.3 is 10.1 Å². The predicted octanol–water partition coefficient (Wildman–Crippen LogP) is 1.40. The third-order valence-corrected chi connectivity index (χ3v) is 4.07. The highest BCUT2D eigenvalue weighted by Crippen LogP contribution is 2.36. The van der Waals surface area contributed by atoms with Crippen molar-refractivity contribution in [2.45, 2.75) is 57.7 Å².